The van der Waals surface area contributed by atoms with Crippen LogP contribution in [0, 0.1) is 0 Å². The molecule has 0 saturated heterocycles. The van der Waals surface area contributed by atoms with Crippen molar-refractivity contribution in [3.05, 3.63) is 53.1 Å². The van der Waals surface area contributed by atoms with Crippen molar-refractivity contribution in [2.45, 2.75) is 45.1 Å². The van der Waals surface area contributed by atoms with Gasteiger partial charge in [-0.05, 0) is 61.6 Å². The standard InChI is InChI=1S/C22H22N2O4/c1-13-22(27)24-18-12-17(7-9-20(18)28-13)23-21(26)10-8-19(25)16-6-5-14-3-2-4-15(14)11-16/h5-7,9,11-13H,2-4,8,10H2,1H3,(H,23,26)(H,24,27). The molecule has 0 bridgehead atoms. The first-order valence-corrected chi connectivity index (χ1v) is 9.56. The first kappa shape index (κ1) is 18.2. The summed E-state index contributed by atoms with van der Waals surface area (Å²) in [5.74, 6) is 0.0728. The summed E-state index contributed by atoms with van der Waals surface area (Å²) in [7, 11) is 0. The van der Waals surface area contributed by atoms with Crippen LogP contribution in [0.15, 0.2) is 36.4 Å². The summed E-state index contributed by atoms with van der Waals surface area (Å²) in [6, 6.07) is 10.9. The van der Waals surface area contributed by atoms with E-state index < -0.39 is 6.10 Å². The SMILES string of the molecule is CC1Oc2ccc(NC(=O)CCC(=O)c3ccc4c(c3)CCC4)cc2NC1=O. The molecule has 6 heteroatoms. The van der Waals surface area contributed by atoms with E-state index >= 15 is 0 Å². The smallest absolute Gasteiger partial charge is 0.265 e. The molecule has 1 unspecified atom stereocenters. The fourth-order valence-electron chi connectivity index (χ4n) is 3.63. The number of nitrogens with one attached hydrogen (secondary N) is 2. The van der Waals surface area contributed by atoms with Crippen LogP contribution in [0.4, 0.5) is 11.4 Å². The van der Waals surface area contributed by atoms with Gasteiger partial charge in [-0.2, -0.15) is 0 Å². The Morgan fingerprint density at radius 3 is 2.79 bits per heavy atom. The zero-order valence-corrected chi connectivity index (χ0v) is 15.7. The maximum absolute atomic E-state index is 12.4. The van der Waals surface area contributed by atoms with Crippen LogP contribution in [0.25, 0.3) is 0 Å². The Bertz CT molecular complexity index is 967. The maximum atomic E-state index is 12.4. The van der Waals surface area contributed by atoms with Gasteiger partial charge in [0, 0.05) is 24.1 Å². The van der Waals surface area contributed by atoms with E-state index in [-0.39, 0.29) is 30.4 Å². The number of carbonyl (C=O) groups is 3. The number of rotatable bonds is 5. The van der Waals surface area contributed by atoms with Gasteiger partial charge in [0.15, 0.2) is 11.9 Å². The van der Waals surface area contributed by atoms with Crippen molar-refractivity contribution in [3.8, 4) is 5.75 Å². The summed E-state index contributed by atoms with van der Waals surface area (Å²) in [5.41, 5.74) is 4.33. The van der Waals surface area contributed by atoms with Gasteiger partial charge in [0.2, 0.25) is 5.91 Å². The maximum Gasteiger partial charge on any atom is 0.265 e. The van der Waals surface area contributed by atoms with E-state index in [0.717, 1.165) is 19.3 Å². The molecule has 6 nitrogen and oxygen atoms in total. The van der Waals surface area contributed by atoms with Crippen LogP contribution in [-0.4, -0.2) is 23.7 Å². The predicted molar refractivity (Wildman–Crippen MR) is 106 cm³/mol. The average molecular weight is 378 g/mol. The lowest BCUT2D eigenvalue weighted by Crippen LogP contribution is -2.34. The van der Waals surface area contributed by atoms with E-state index in [1.54, 1.807) is 25.1 Å². The molecule has 4 rings (SSSR count). The monoisotopic (exact) mass is 378 g/mol. The Balaban J connectivity index is 1.34. The highest BCUT2D eigenvalue weighted by Crippen LogP contribution is 2.32. The van der Waals surface area contributed by atoms with Gasteiger partial charge in [0.05, 0.1) is 5.69 Å². The highest BCUT2D eigenvalue weighted by atomic mass is 16.5. The van der Waals surface area contributed by atoms with Crippen LogP contribution in [-0.2, 0) is 22.4 Å². The number of benzene rings is 2. The molecule has 0 fully saturated rings. The third-order valence-electron chi connectivity index (χ3n) is 5.19. The number of hydrogen-bond donors (Lipinski definition) is 2. The number of aryl methyl sites for hydroxylation is 2. The summed E-state index contributed by atoms with van der Waals surface area (Å²) in [6.07, 6.45) is 2.96. The molecule has 0 saturated carbocycles. The topological polar surface area (TPSA) is 84.5 Å². The second-order valence-corrected chi connectivity index (χ2v) is 7.27. The van der Waals surface area contributed by atoms with Crippen molar-refractivity contribution in [1.29, 1.82) is 0 Å². The molecule has 2 aromatic carbocycles. The molecule has 0 radical (unpaired) electrons. The van der Waals surface area contributed by atoms with Gasteiger partial charge in [0.25, 0.3) is 5.91 Å². The van der Waals surface area contributed by atoms with E-state index in [1.165, 1.54) is 11.1 Å². The normalized spacial score (nSPS) is 17.2. The Labute approximate surface area is 163 Å². The summed E-state index contributed by atoms with van der Waals surface area (Å²) in [5, 5.41) is 5.51. The molecule has 0 aromatic heterocycles. The number of hydrogen-bond acceptors (Lipinski definition) is 4. The van der Waals surface area contributed by atoms with E-state index in [9.17, 15) is 14.4 Å². The molecule has 144 valence electrons. The van der Waals surface area contributed by atoms with Gasteiger partial charge in [-0.1, -0.05) is 12.1 Å². The van der Waals surface area contributed by atoms with Crippen molar-refractivity contribution in [2.24, 2.45) is 0 Å². The van der Waals surface area contributed by atoms with Gasteiger partial charge in [-0.25, -0.2) is 0 Å². The van der Waals surface area contributed by atoms with E-state index in [1.807, 2.05) is 18.2 Å². The third kappa shape index (κ3) is 3.76. The minimum atomic E-state index is -0.543. The van der Waals surface area contributed by atoms with Gasteiger partial charge in [-0.15, -0.1) is 0 Å². The van der Waals surface area contributed by atoms with Gasteiger partial charge < -0.3 is 15.4 Å². The number of ketones is 1. The molecular formula is C22H22N2O4. The fourth-order valence-corrected chi connectivity index (χ4v) is 3.63. The van der Waals surface area contributed by atoms with Crippen LogP contribution < -0.4 is 15.4 Å². The van der Waals surface area contributed by atoms with Crippen LogP contribution >= 0.6 is 0 Å². The van der Waals surface area contributed by atoms with E-state index in [4.69, 9.17) is 4.74 Å². The van der Waals surface area contributed by atoms with Crippen LogP contribution in [0.3, 0.4) is 0 Å². The third-order valence-corrected chi connectivity index (χ3v) is 5.19. The van der Waals surface area contributed by atoms with Gasteiger partial charge >= 0.3 is 0 Å². The predicted octanol–water partition coefficient (Wildman–Crippen LogP) is 3.50. The molecule has 0 spiro atoms. The van der Waals surface area contributed by atoms with E-state index in [0.29, 0.717) is 22.7 Å². The summed E-state index contributed by atoms with van der Waals surface area (Å²) < 4.78 is 5.49. The molecule has 1 aliphatic heterocycles. The highest BCUT2D eigenvalue weighted by Gasteiger charge is 2.23. The Morgan fingerprint density at radius 1 is 1.11 bits per heavy atom. The number of Topliss-reactive ketones (excluding diaryl/α,β-unsaturated/α-hetero) is 1. The molecule has 2 amide bonds. The molecule has 1 heterocycles. The lowest BCUT2D eigenvalue weighted by atomic mass is 10.0. The van der Waals surface area contributed by atoms with Crippen molar-refractivity contribution >= 4 is 29.0 Å². The van der Waals surface area contributed by atoms with Crippen molar-refractivity contribution < 1.29 is 19.1 Å². The second-order valence-electron chi connectivity index (χ2n) is 7.27. The Kier molecular flexibility index (Phi) is 4.86. The molecule has 2 aromatic rings. The molecule has 1 atom stereocenters. The summed E-state index contributed by atoms with van der Waals surface area (Å²) in [6.45, 7) is 1.67. The fraction of sp³-hybridized carbons (Fsp3) is 0.318. The van der Waals surface area contributed by atoms with Crippen LogP contribution in [0.1, 0.15) is 47.7 Å². The largest absolute Gasteiger partial charge is 0.479 e. The average Bonchev–Trinajstić information content (AvgIpc) is 3.15. The summed E-state index contributed by atoms with van der Waals surface area (Å²) >= 11 is 0. The lowest BCUT2D eigenvalue weighted by Gasteiger charge is -2.23. The first-order valence-electron chi connectivity index (χ1n) is 9.56. The number of ether oxygens (including phenoxy) is 1. The molecular weight excluding hydrogens is 356 g/mol. The Hall–Kier alpha value is -3.15. The number of amides is 2. The highest BCUT2D eigenvalue weighted by molar-refractivity contribution is 6.01. The van der Waals surface area contributed by atoms with Crippen molar-refractivity contribution in [1.82, 2.24) is 0 Å². The zero-order valence-electron chi connectivity index (χ0n) is 15.7. The minimum absolute atomic E-state index is 0.0232. The zero-order chi connectivity index (χ0) is 19.7. The second kappa shape index (κ2) is 7.46. The van der Waals surface area contributed by atoms with Crippen LogP contribution in [0.2, 0.25) is 0 Å². The summed E-state index contributed by atoms with van der Waals surface area (Å²) in [4.78, 5) is 36.4. The number of fused-ring (bicyclic) bond motifs is 2. The minimum Gasteiger partial charge on any atom is -0.479 e. The van der Waals surface area contributed by atoms with Crippen molar-refractivity contribution in [3.63, 3.8) is 0 Å². The van der Waals surface area contributed by atoms with E-state index in [2.05, 4.69) is 10.6 Å². The molecule has 1 aliphatic carbocycles. The number of anilines is 2. The molecule has 2 aliphatic rings. The number of carbonyl (C=O) groups excluding carboxylic acids is 3. The van der Waals surface area contributed by atoms with Crippen molar-refractivity contribution in [2.75, 3.05) is 10.6 Å². The van der Waals surface area contributed by atoms with Gasteiger partial charge in [-0.3, -0.25) is 14.4 Å². The first-order chi connectivity index (χ1) is 13.5. The molecule has 28 heavy (non-hydrogen) atoms. The quantitative estimate of drug-likeness (QED) is 0.780. The molecule has 2 N–H and O–H groups in total. The van der Waals surface area contributed by atoms with Gasteiger partial charge in [0.1, 0.15) is 5.75 Å². The van der Waals surface area contributed by atoms with Crippen LogP contribution in [0.5, 0.6) is 5.75 Å². The Morgan fingerprint density at radius 2 is 1.93 bits per heavy atom. The lowest BCUT2D eigenvalue weighted by molar-refractivity contribution is -0.122.